The standard InChI is InChI=1S/C17H15F2N3O2/c18-14-7-6-11(8-21-14)17(24)22(9-10-4-5-10)13-3-1-2-12(15(13)19)16(20)23/h1-3,6-8,10H,4-5,9H2,(H2,20,23). The fraction of sp³-hybridized carbons (Fsp3) is 0.235. The topological polar surface area (TPSA) is 76.3 Å². The number of pyridine rings is 1. The maximum Gasteiger partial charge on any atom is 0.259 e. The van der Waals surface area contributed by atoms with Gasteiger partial charge in [0.15, 0.2) is 5.82 Å². The van der Waals surface area contributed by atoms with Crippen molar-refractivity contribution in [2.75, 3.05) is 11.4 Å². The summed E-state index contributed by atoms with van der Waals surface area (Å²) in [6.07, 6.45) is 3.00. The van der Waals surface area contributed by atoms with E-state index in [1.807, 2.05) is 0 Å². The zero-order valence-corrected chi connectivity index (χ0v) is 12.7. The fourth-order valence-electron chi connectivity index (χ4n) is 2.43. The number of halogens is 2. The van der Waals surface area contributed by atoms with Crippen LogP contribution in [0.1, 0.15) is 33.6 Å². The van der Waals surface area contributed by atoms with Gasteiger partial charge < -0.3 is 10.6 Å². The van der Waals surface area contributed by atoms with Crippen LogP contribution < -0.4 is 10.6 Å². The molecule has 0 unspecified atom stereocenters. The number of nitrogens with two attached hydrogens (primary N) is 1. The van der Waals surface area contributed by atoms with Gasteiger partial charge in [-0.15, -0.1) is 0 Å². The first-order valence-corrected chi connectivity index (χ1v) is 7.49. The molecule has 5 nitrogen and oxygen atoms in total. The van der Waals surface area contributed by atoms with Crippen LogP contribution in [0.25, 0.3) is 0 Å². The van der Waals surface area contributed by atoms with Crippen molar-refractivity contribution in [3.05, 3.63) is 59.4 Å². The third-order valence-corrected chi connectivity index (χ3v) is 3.89. The molecule has 7 heteroatoms. The van der Waals surface area contributed by atoms with Crippen molar-refractivity contribution in [2.45, 2.75) is 12.8 Å². The van der Waals surface area contributed by atoms with Gasteiger partial charge in [-0.1, -0.05) is 6.07 Å². The van der Waals surface area contributed by atoms with Crippen LogP contribution >= 0.6 is 0 Å². The molecule has 0 radical (unpaired) electrons. The van der Waals surface area contributed by atoms with Gasteiger partial charge in [0.2, 0.25) is 5.95 Å². The number of hydrogen-bond donors (Lipinski definition) is 1. The molecule has 2 aromatic rings. The molecule has 3 rings (SSSR count). The van der Waals surface area contributed by atoms with E-state index in [1.54, 1.807) is 0 Å². The van der Waals surface area contributed by atoms with Crippen molar-refractivity contribution < 1.29 is 18.4 Å². The summed E-state index contributed by atoms with van der Waals surface area (Å²) in [5, 5.41) is 0. The second kappa shape index (κ2) is 6.35. The fourth-order valence-corrected chi connectivity index (χ4v) is 2.43. The van der Waals surface area contributed by atoms with E-state index in [9.17, 15) is 18.4 Å². The van der Waals surface area contributed by atoms with Crippen molar-refractivity contribution in [1.82, 2.24) is 4.98 Å². The minimum atomic E-state index is -0.906. The summed E-state index contributed by atoms with van der Waals surface area (Å²) >= 11 is 0. The second-order valence-corrected chi connectivity index (χ2v) is 5.73. The Balaban J connectivity index is 2.00. The van der Waals surface area contributed by atoms with Crippen LogP contribution in [0.5, 0.6) is 0 Å². The highest BCUT2D eigenvalue weighted by molar-refractivity contribution is 6.06. The van der Waals surface area contributed by atoms with E-state index >= 15 is 0 Å². The Bertz CT molecular complexity index is 789. The highest BCUT2D eigenvalue weighted by Gasteiger charge is 2.30. The van der Waals surface area contributed by atoms with E-state index in [0.29, 0.717) is 6.54 Å². The van der Waals surface area contributed by atoms with E-state index in [1.165, 1.54) is 29.2 Å². The van der Waals surface area contributed by atoms with Gasteiger partial charge in [0.05, 0.1) is 16.8 Å². The van der Waals surface area contributed by atoms with Gasteiger partial charge in [-0.2, -0.15) is 4.39 Å². The van der Waals surface area contributed by atoms with Gasteiger partial charge in [-0.3, -0.25) is 9.59 Å². The monoisotopic (exact) mass is 331 g/mol. The number of aromatic nitrogens is 1. The number of nitrogens with zero attached hydrogens (tertiary/aromatic N) is 2. The highest BCUT2D eigenvalue weighted by atomic mass is 19.1. The Hall–Kier alpha value is -2.83. The molecule has 124 valence electrons. The van der Waals surface area contributed by atoms with Gasteiger partial charge in [-0.05, 0) is 43.0 Å². The lowest BCUT2D eigenvalue weighted by atomic mass is 10.1. The molecule has 0 saturated heterocycles. The molecule has 2 N–H and O–H groups in total. The van der Waals surface area contributed by atoms with E-state index < -0.39 is 23.6 Å². The van der Waals surface area contributed by atoms with Crippen LogP contribution in [-0.2, 0) is 0 Å². The lowest BCUT2D eigenvalue weighted by molar-refractivity contribution is 0.0976. The molecule has 1 aliphatic carbocycles. The molecule has 1 aliphatic rings. The Kier molecular flexibility index (Phi) is 4.24. The summed E-state index contributed by atoms with van der Waals surface area (Å²) in [6.45, 7) is 0.315. The molecule has 24 heavy (non-hydrogen) atoms. The summed E-state index contributed by atoms with van der Waals surface area (Å²) in [5.41, 5.74) is 5.01. The lowest BCUT2D eigenvalue weighted by Crippen LogP contribution is -2.34. The van der Waals surface area contributed by atoms with E-state index in [2.05, 4.69) is 4.98 Å². The Labute approximate surface area is 137 Å². The Morgan fingerprint density at radius 1 is 1.21 bits per heavy atom. The first-order valence-electron chi connectivity index (χ1n) is 7.49. The summed E-state index contributed by atoms with van der Waals surface area (Å²) in [4.78, 5) is 28.8. The number of rotatable bonds is 5. The summed E-state index contributed by atoms with van der Waals surface area (Å²) in [7, 11) is 0. The molecule has 1 fully saturated rings. The first-order chi connectivity index (χ1) is 11.5. The smallest absolute Gasteiger partial charge is 0.259 e. The summed E-state index contributed by atoms with van der Waals surface area (Å²) in [5.74, 6) is -2.68. The van der Waals surface area contributed by atoms with Crippen molar-refractivity contribution in [3.8, 4) is 0 Å². The number of amides is 2. The molecule has 1 saturated carbocycles. The Morgan fingerprint density at radius 2 is 1.96 bits per heavy atom. The first kappa shape index (κ1) is 16.0. The van der Waals surface area contributed by atoms with E-state index in [0.717, 1.165) is 25.1 Å². The second-order valence-electron chi connectivity index (χ2n) is 5.73. The number of benzene rings is 1. The van der Waals surface area contributed by atoms with Crippen LogP contribution in [0.4, 0.5) is 14.5 Å². The number of carbonyl (C=O) groups excluding carboxylic acids is 2. The largest absolute Gasteiger partial charge is 0.366 e. The minimum Gasteiger partial charge on any atom is -0.366 e. The minimum absolute atomic E-state index is 0.0208. The maximum absolute atomic E-state index is 14.6. The van der Waals surface area contributed by atoms with Crippen LogP contribution in [0, 0.1) is 17.7 Å². The van der Waals surface area contributed by atoms with Crippen LogP contribution in [0.2, 0.25) is 0 Å². The number of carbonyl (C=O) groups is 2. The lowest BCUT2D eigenvalue weighted by Gasteiger charge is -2.24. The average Bonchev–Trinajstić information content (AvgIpc) is 3.37. The van der Waals surface area contributed by atoms with Gasteiger partial charge in [0, 0.05) is 12.7 Å². The molecule has 1 heterocycles. The number of anilines is 1. The molecule has 2 amide bonds. The van der Waals surface area contributed by atoms with Crippen LogP contribution in [0.15, 0.2) is 36.5 Å². The zero-order chi connectivity index (χ0) is 17.3. The van der Waals surface area contributed by atoms with Crippen LogP contribution in [-0.4, -0.2) is 23.3 Å². The number of hydrogen-bond acceptors (Lipinski definition) is 3. The predicted octanol–water partition coefficient (Wildman–Crippen LogP) is 2.52. The third kappa shape index (κ3) is 3.24. The van der Waals surface area contributed by atoms with E-state index in [4.69, 9.17) is 5.73 Å². The SMILES string of the molecule is NC(=O)c1cccc(N(CC2CC2)C(=O)c2ccc(F)nc2)c1F. The normalized spacial score (nSPS) is 13.6. The molecule has 0 aliphatic heterocycles. The molecule has 0 bridgehead atoms. The quantitative estimate of drug-likeness (QED) is 0.855. The number of primary amides is 1. The Morgan fingerprint density at radius 3 is 2.54 bits per heavy atom. The molecule has 1 aromatic heterocycles. The molecule has 0 spiro atoms. The molecular weight excluding hydrogens is 316 g/mol. The predicted molar refractivity (Wildman–Crippen MR) is 83.5 cm³/mol. The van der Waals surface area contributed by atoms with Gasteiger partial charge in [0.25, 0.3) is 11.8 Å². The highest BCUT2D eigenvalue weighted by Crippen LogP contribution is 2.33. The van der Waals surface area contributed by atoms with Crippen molar-refractivity contribution in [1.29, 1.82) is 0 Å². The average molecular weight is 331 g/mol. The summed E-state index contributed by atoms with van der Waals surface area (Å²) < 4.78 is 27.6. The van der Waals surface area contributed by atoms with Crippen molar-refractivity contribution in [2.24, 2.45) is 11.7 Å². The maximum atomic E-state index is 14.6. The molecule has 0 atom stereocenters. The summed E-state index contributed by atoms with van der Waals surface area (Å²) in [6, 6.07) is 6.51. The molecular formula is C17H15F2N3O2. The van der Waals surface area contributed by atoms with Gasteiger partial charge >= 0.3 is 0 Å². The van der Waals surface area contributed by atoms with E-state index in [-0.39, 0.29) is 22.7 Å². The van der Waals surface area contributed by atoms with Gasteiger partial charge in [0.1, 0.15) is 0 Å². The van der Waals surface area contributed by atoms with Crippen molar-refractivity contribution >= 4 is 17.5 Å². The van der Waals surface area contributed by atoms with Crippen molar-refractivity contribution in [3.63, 3.8) is 0 Å². The molecule has 1 aromatic carbocycles. The third-order valence-electron chi connectivity index (χ3n) is 3.89. The zero-order valence-electron chi connectivity index (χ0n) is 12.7. The van der Waals surface area contributed by atoms with Gasteiger partial charge in [-0.25, -0.2) is 9.37 Å². The van der Waals surface area contributed by atoms with Crippen LogP contribution in [0.3, 0.4) is 0 Å².